The van der Waals surface area contributed by atoms with Crippen LogP contribution in [0.25, 0.3) is 11.1 Å². The first-order valence-electron chi connectivity index (χ1n) is 11.7. The molecule has 170 valence electrons. The third kappa shape index (κ3) is 5.30. The zero-order chi connectivity index (χ0) is 22.5. The lowest BCUT2D eigenvalue weighted by Gasteiger charge is -2.38. The molecule has 2 amide bonds. The van der Waals surface area contributed by atoms with Crippen LogP contribution in [0.3, 0.4) is 0 Å². The fraction of sp³-hybridized carbons (Fsp3) is 0.462. The summed E-state index contributed by atoms with van der Waals surface area (Å²) in [5, 5.41) is 2.98. The van der Waals surface area contributed by atoms with E-state index in [1.165, 1.54) is 6.42 Å². The average molecular weight is 436 g/mol. The van der Waals surface area contributed by atoms with E-state index in [0.29, 0.717) is 11.8 Å². The lowest BCUT2D eigenvalue weighted by Crippen LogP contribution is -2.52. The lowest BCUT2D eigenvalue weighted by atomic mass is 9.81. The largest absolute Gasteiger partial charge is 0.412 e. The number of nitrogens with zero attached hydrogens (tertiary/aromatic N) is 1. The molecule has 0 aliphatic heterocycles. The van der Waals surface area contributed by atoms with Gasteiger partial charge in [0.2, 0.25) is 5.91 Å². The van der Waals surface area contributed by atoms with E-state index in [-0.39, 0.29) is 17.9 Å². The van der Waals surface area contributed by atoms with Gasteiger partial charge in [0, 0.05) is 19.1 Å². The molecule has 32 heavy (non-hydrogen) atoms. The predicted molar refractivity (Wildman–Crippen MR) is 125 cm³/mol. The van der Waals surface area contributed by atoms with Gasteiger partial charge >= 0.3 is 6.09 Å². The van der Waals surface area contributed by atoms with E-state index in [4.69, 9.17) is 10.5 Å². The minimum Gasteiger partial charge on any atom is -0.410 e. The van der Waals surface area contributed by atoms with Gasteiger partial charge in [-0.25, -0.2) is 4.79 Å². The first-order chi connectivity index (χ1) is 15.5. The Morgan fingerprint density at radius 1 is 0.969 bits per heavy atom. The topological polar surface area (TPSA) is 84.7 Å². The Labute approximate surface area is 190 Å². The number of nitrogens with one attached hydrogen (secondary N) is 1. The van der Waals surface area contributed by atoms with Gasteiger partial charge in [-0.15, -0.1) is 0 Å². The summed E-state index contributed by atoms with van der Waals surface area (Å²) in [6.07, 6.45) is 6.20. The molecule has 2 aliphatic carbocycles. The molecule has 2 aromatic rings. The van der Waals surface area contributed by atoms with E-state index in [2.05, 4.69) is 5.32 Å². The third-order valence-corrected chi connectivity index (χ3v) is 7.01. The van der Waals surface area contributed by atoms with Crippen LogP contribution in [0.4, 0.5) is 4.79 Å². The van der Waals surface area contributed by atoms with Crippen molar-refractivity contribution in [1.29, 1.82) is 0 Å². The molecule has 0 aromatic heterocycles. The average Bonchev–Trinajstić information content (AvgIpc) is 2.78. The highest BCUT2D eigenvalue weighted by Gasteiger charge is 2.34. The molecule has 6 heteroatoms. The fourth-order valence-corrected chi connectivity index (χ4v) is 4.69. The normalized spacial score (nSPS) is 21.8. The number of hydrogen-bond acceptors (Lipinski definition) is 4. The second-order valence-electron chi connectivity index (χ2n) is 9.10. The lowest BCUT2D eigenvalue weighted by molar-refractivity contribution is -0.136. The standard InChI is InChI=1S/C26H33N3O3/c1-29(22-10-6-11-22)25(30)24(27)19-13-15-21(16-14-19)28-26(31)32-23-12-5-9-20(17-23)18-7-3-2-4-8-18/h2-5,7-9,12,17,19,21-22,24H,6,10-11,13-16,27H2,1H3,(H,28,31)/t19?,21?,24-/m0/s1. The first-order valence-corrected chi connectivity index (χ1v) is 11.7. The van der Waals surface area contributed by atoms with E-state index >= 15 is 0 Å². The molecule has 3 N–H and O–H groups in total. The zero-order valence-corrected chi connectivity index (χ0v) is 18.7. The summed E-state index contributed by atoms with van der Waals surface area (Å²) < 4.78 is 5.53. The van der Waals surface area contributed by atoms with Crippen molar-refractivity contribution in [3.8, 4) is 16.9 Å². The highest BCUT2D eigenvalue weighted by Crippen LogP contribution is 2.30. The highest BCUT2D eigenvalue weighted by molar-refractivity contribution is 5.82. The van der Waals surface area contributed by atoms with Crippen LogP contribution in [0.15, 0.2) is 54.6 Å². The van der Waals surface area contributed by atoms with E-state index < -0.39 is 12.1 Å². The fourth-order valence-electron chi connectivity index (χ4n) is 4.69. The molecule has 0 bridgehead atoms. The molecule has 6 nitrogen and oxygen atoms in total. The molecule has 4 rings (SSSR count). The second kappa shape index (κ2) is 10.2. The van der Waals surface area contributed by atoms with Crippen LogP contribution < -0.4 is 15.8 Å². The minimum absolute atomic E-state index is 0.0442. The number of benzene rings is 2. The van der Waals surface area contributed by atoms with Gasteiger partial charge in [-0.1, -0.05) is 42.5 Å². The quantitative estimate of drug-likeness (QED) is 0.707. The maximum atomic E-state index is 12.7. The van der Waals surface area contributed by atoms with Crippen molar-refractivity contribution in [1.82, 2.24) is 10.2 Å². The number of nitrogens with two attached hydrogens (primary N) is 1. The molecule has 1 atom stereocenters. The SMILES string of the molecule is CN(C(=O)[C@@H](N)C1CCC(NC(=O)Oc2cccc(-c3ccccc3)c2)CC1)C1CCC1. The summed E-state index contributed by atoms with van der Waals surface area (Å²) in [7, 11) is 1.88. The Morgan fingerprint density at radius 3 is 2.31 bits per heavy atom. The third-order valence-electron chi connectivity index (χ3n) is 7.01. The number of rotatable bonds is 6. The van der Waals surface area contributed by atoms with Crippen molar-refractivity contribution in [3.63, 3.8) is 0 Å². The van der Waals surface area contributed by atoms with Crippen molar-refractivity contribution in [2.75, 3.05) is 7.05 Å². The van der Waals surface area contributed by atoms with Crippen molar-refractivity contribution < 1.29 is 14.3 Å². The number of carbonyl (C=O) groups excluding carboxylic acids is 2. The van der Waals surface area contributed by atoms with Gasteiger partial charge in [0.05, 0.1) is 6.04 Å². The molecule has 2 saturated carbocycles. The maximum Gasteiger partial charge on any atom is 0.412 e. The van der Waals surface area contributed by atoms with Gasteiger partial charge in [-0.2, -0.15) is 0 Å². The van der Waals surface area contributed by atoms with Gasteiger partial charge in [0.1, 0.15) is 5.75 Å². The summed E-state index contributed by atoms with van der Waals surface area (Å²) in [5.41, 5.74) is 8.39. The van der Waals surface area contributed by atoms with Gasteiger partial charge in [0.25, 0.3) is 0 Å². The Hall–Kier alpha value is -2.86. The zero-order valence-electron chi connectivity index (χ0n) is 18.7. The van der Waals surface area contributed by atoms with Crippen LogP contribution in [-0.2, 0) is 4.79 Å². The maximum absolute atomic E-state index is 12.7. The van der Waals surface area contributed by atoms with Crippen LogP contribution in [0, 0.1) is 5.92 Å². The number of amides is 2. The van der Waals surface area contributed by atoms with E-state index in [0.717, 1.165) is 49.7 Å². The molecule has 2 fully saturated rings. The number of hydrogen-bond donors (Lipinski definition) is 2. The first kappa shape index (κ1) is 22.3. The van der Waals surface area contributed by atoms with Crippen LogP contribution in [0.1, 0.15) is 44.9 Å². The molecular weight excluding hydrogens is 402 g/mol. The van der Waals surface area contributed by atoms with Crippen molar-refractivity contribution in [2.24, 2.45) is 11.7 Å². The van der Waals surface area contributed by atoms with E-state index in [1.807, 2.05) is 60.5 Å². The number of carbonyl (C=O) groups is 2. The minimum atomic E-state index is -0.450. The van der Waals surface area contributed by atoms with Crippen molar-refractivity contribution in [3.05, 3.63) is 54.6 Å². The summed E-state index contributed by atoms with van der Waals surface area (Å²) in [4.78, 5) is 27.0. The van der Waals surface area contributed by atoms with Crippen LogP contribution in [0.2, 0.25) is 0 Å². The summed E-state index contributed by atoms with van der Waals surface area (Å²) >= 11 is 0. The molecule has 0 spiro atoms. The van der Waals surface area contributed by atoms with Gasteiger partial charge in [-0.05, 0) is 74.1 Å². The number of likely N-dealkylation sites (N-methyl/N-ethyl adjacent to an activating group) is 1. The molecule has 0 radical (unpaired) electrons. The monoisotopic (exact) mass is 435 g/mol. The van der Waals surface area contributed by atoms with Crippen molar-refractivity contribution >= 4 is 12.0 Å². The van der Waals surface area contributed by atoms with Crippen LogP contribution in [-0.4, -0.2) is 42.1 Å². The van der Waals surface area contributed by atoms with Gasteiger partial charge < -0.3 is 20.7 Å². The Bertz CT molecular complexity index is 921. The highest BCUT2D eigenvalue weighted by atomic mass is 16.6. The molecule has 2 aliphatic rings. The molecule has 2 aromatic carbocycles. The molecule has 0 saturated heterocycles. The summed E-state index contributed by atoms with van der Waals surface area (Å²) in [5.74, 6) is 0.745. The van der Waals surface area contributed by atoms with Gasteiger partial charge in [-0.3, -0.25) is 4.79 Å². The molecule has 0 heterocycles. The second-order valence-corrected chi connectivity index (χ2v) is 9.10. The predicted octanol–water partition coefficient (Wildman–Crippen LogP) is 4.34. The smallest absolute Gasteiger partial charge is 0.410 e. The number of ether oxygens (including phenoxy) is 1. The summed E-state index contributed by atoms with van der Waals surface area (Å²) in [6.45, 7) is 0. The van der Waals surface area contributed by atoms with E-state index in [1.54, 1.807) is 6.07 Å². The van der Waals surface area contributed by atoms with Crippen LogP contribution >= 0.6 is 0 Å². The Morgan fingerprint density at radius 2 is 1.66 bits per heavy atom. The molecular formula is C26H33N3O3. The van der Waals surface area contributed by atoms with Crippen molar-refractivity contribution in [2.45, 2.75) is 63.1 Å². The van der Waals surface area contributed by atoms with Crippen LogP contribution in [0.5, 0.6) is 5.75 Å². The van der Waals surface area contributed by atoms with E-state index in [9.17, 15) is 9.59 Å². The van der Waals surface area contributed by atoms with Gasteiger partial charge in [0.15, 0.2) is 0 Å². The summed E-state index contributed by atoms with van der Waals surface area (Å²) in [6, 6.07) is 17.5. The Kier molecular flexibility index (Phi) is 7.10. The molecule has 0 unspecified atom stereocenters. The Balaban J connectivity index is 1.25.